The van der Waals surface area contributed by atoms with E-state index in [9.17, 15) is 0 Å². The van der Waals surface area contributed by atoms with Gasteiger partial charge in [-0.2, -0.15) is 4.57 Å². The molecule has 0 unspecified atom stereocenters. The van der Waals surface area contributed by atoms with Crippen molar-refractivity contribution in [1.29, 1.82) is 0 Å². The maximum absolute atomic E-state index is 2.53. The summed E-state index contributed by atoms with van der Waals surface area (Å²) in [5.74, 6) is 1.17. The Balaban J connectivity index is 1.46. The normalized spacial score (nSPS) is 13.5. The zero-order chi connectivity index (χ0) is 31.1. The van der Waals surface area contributed by atoms with Gasteiger partial charge in [0.1, 0.15) is 10.1 Å². The van der Waals surface area contributed by atoms with E-state index in [2.05, 4.69) is 170 Å². The van der Waals surface area contributed by atoms with Gasteiger partial charge in [0.15, 0.2) is 12.4 Å². The van der Waals surface area contributed by atoms with Crippen molar-refractivity contribution >= 4 is 37.0 Å². The topological polar surface area (TPSA) is 11.9 Å². The first-order valence-corrected chi connectivity index (χ1v) is 17.4. The minimum absolute atomic E-state index is 0.000242. The van der Waals surface area contributed by atoms with Crippen molar-refractivity contribution in [2.24, 2.45) is 0 Å². The van der Waals surface area contributed by atoms with Crippen LogP contribution in [0.5, 0.6) is 0 Å². The molecule has 3 aromatic carbocycles. The van der Waals surface area contributed by atoms with E-state index >= 15 is 0 Å². The molecule has 4 heterocycles. The summed E-state index contributed by atoms with van der Waals surface area (Å²) >= 11 is 3.68. The third-order valence-corrected chi connectivity index (χ3v) is 11.4. The largest absolute Gasteiger partial charge is 0.467 e. The third-order valence-electron chi connectivity index (χ3n) is 9.24. The van der Waals surface area contributed by atoms with Crippen LogP contribution in [0, 0.1) is 0 Å². The summed E-state index contributed by atoms with van der Waals surface area (Å²) in [4.78, 5) is 0. The van der Waals surface area contributed by atoms with Crippen LogP contribution in [0.1, 0.15) is 69.8 Å². The second-order valence-electron chi connectivity index (χ2n) is 14.2. The molecular formula is C40H38N3S2+3. The Hall–Kier alpha value is -4.19. The first-order valence-electron chi connectivity index (χ1n) is 15.7. The molecule has 0 amide bonds. The molecule has 0 atom stereocenters. The van der Waals surface area contributed by atoms with Crippen LogP contribution in [0.25, 0.3) is 42.7 Å². The zero-order valence-electron chi connectivity index (χ0n) is 26.7. The first-order chi connectivity index (χ1) is 21.6. The average Bonchev–Trinajstić information content (AvgIpc) is 3.70. The van der Waals surface area contributed by atoms with E-state index in [-0.39, 0.29) is 16.9 Å². The van der Waals surface area contributed by atoms with Crippen LogP contribution < -0.4 is 13.5 Å². The number of nitrogens with zero attached hydrogens (tertiary/aromatic N) is 3. The van der Waals surface area contributed by atoms with Gasteiger partial charge in [0, 0.05) is 41.5 Å². The van der Waals surface area contributed by atoms with Crippen molar-refractivity contribution in [3.8, 4) is 28.3 Å². The highest BCUT2D eigenvalue weighted by Crippen LogP contribution is 2.44. The van der Waals surface area contributed by atoms with E-state index in [0.29, 0.717) is 0 Å². The lowest BCUT2D eigenvalue weighted by Gasteiger charge is -2.21. The molecule has 4 aromatic heterocycles. The molecule has 0 spiro atoms. The van der Waals surface area contributed by atoms with Crippen LogP contribution in [0.3, 0.4) is 0 Å². The van der Waals surface area contributed by atoms with E-state index < -0.39 is 0 Å². The zero-order valence-corrected chi connectivity index (χ0v) is 28.3. The lowest BCUT2D eigenvalue weighted by Crippen LogP contribution is -2.48. The van der Waals surface area contributed by atoms with Gasteiger partial charge in [0.25, 0.3) is 11.4 Å². The fraction of sp³-hybridized carbons (Fsp3) is 0.225. The average molecular weight is 625 g/mol. The smallest absolute Gasteiger partial charge is 0.182 e. The summed E-state index contributed by atoms with van der Waals surface area (Å²) in [6.45, 7) is 13.9. The van der Waals surface area contributed by atoms with Crippen LogP contribution in [-0.4, -0.2) is 0 Å². The number of aromatic nitrogens is 3. The Kier molecular flexibility index (Phi) is 6.39. The monoisotopic (exact) mass is 624 g/mol. The Morgan fingerprint density at radius 1 is 0.622 bits per heavy atom. The summed E-state index contributed by atoms with van der Waals surface area (Å²) < 4.78 is 9.98. The molecule has 1 aliphatic rings. The van der Waals surface area contributed by atoms with E-state index in [1.165, 1.54) is 64.9 Å². The van der Waals surface area contributed by atoms with Crippen molar-refractivity contribution in [2.45, 2.75) is 58.4 Å². The summed E-state index contributed by atoms with van der Waals surface area (Å²) in [5, 5.41) is 2.32. The Labute approximate surface area is 273 Å². The molecule has 5 heteroatoms. The van der Waals surface area contributed by atoms with Gasteiger partial charge in [0.2, 0.25) is 11.6 Å². The van der Waals surface area contributed by atoms with Crippen molar-refractivity contribution in [2.75, 3.05) is 0 Å². The second kappa shape index (κ2) is 10.2. The quantitative estimate of drug-likeness (QED) is 0.174. The molecule has 1 aliphatic carbocycles. The molecular weight excluding hydrogens is 587 g/mol. The van der Waals surface area contributed by atoms with E-state index in [1.54, 1.807) is 0 Å². The fourth-order valence-corrected chi connectivity index (χ4v) is 8.99. The number of para-hydroxylation sites is 1. The van der Waals surface area contributed by atoms with Gasteiger partial charge in [-0.25, -0.2) is 0 Å². The van der Waals surface area contributed by atoms with Crippen LogP contribution in [0.2, 0.25) is 0 Å². The molecule has 3 nitrogen and oxygen atoms in total. The number of benzene rings is 3. The van der Waals surface area contributed by atoms with Gasteiger partial charge in [-0.1, -0.05) is 123 Å². The molecule has 7 aromatic rings. The molecule has 0 N–H and O–H groups in total. The van der Waals surface area contributed by atoms with Crippen molar-refractivity contribution < 1.29 is 13.5 Å². The van der Waals surface area contributed by atoms with Crippen molar-refractivity contribution in [3.63, 3.8) is 0 Å². The molecule has 0 radical (unpaired) electrons. The fourth-order valence-electron chi connectivity index (χ4n) is 6.78. The number of fused-ring (bicyclic) bond motifs is 6. The predicted octanol–water partition coefficient (Wildman–Crippen LogP) is 9.15. The van der Waals surface area contributed by atoms with Gasteiger partial charge < -0.3 is 0 Å². The third kappa shape index (κ3) is 4.55. The number of hydrogen-bond donors (Lipinski definition) is 0. The van der Waals surface area contributed by atoms with Crippen LogP contribution in [0.15, 0.2) is 115 Å². The number of thiazole rings is 2. The van der Waals surface area contributed by atoms with Crippen LogP contribution in [-0.2, 0) is 10.8 Å². The van der Waals surface area contributed by atoms with E-state index in [1.807, 2.05) is 22.7 Å². The molecule has 0 saturated heterocycles. The van der Waals surface area contributed by atoms with Gasteiger partial charge >= 0.3 is 9.96 Å². The maximum Gasteiger partial charge on any atom is 0.467 e. The molecule has 8 rings (SSSR count). The molecule has 0 bridgehead atoms. The molecule has 0 fully saturated rings. The highest BCUT2D eigenvalue weighted by molar-refractivity contribution is 7.38. The van der Waals surface area contributed by atoms with Gasteiger partial charge in [0.05, 0.1) is 0 Å². The van der Waals surface area contributed by atoms with Gasteiger partial charge in [-0.15, -0.1) is 0 Å². The summed E-state index contributed by atoms with van der Waals surface area (Å²) in [6.07, 6.45) is 4.63. The van der Waals surface area contributed by atoms with E-state index in [4.69, 9.17) is 0 Å². The minimum atomic E-state index is -0.000939. The molecule has 0 saturated carbocycles. The maximum atomic E-state index is 2.53. The van der Waals surface area contributed by atoms with Crippen molar-refractivity contribution in [1.82, 2.24) is 0 Å². The molecule has 222 valence electrons. The van der Waals surface area contributed by atoms with E-state index in [0.717, 1.165) is 0 Å². The van der Waals surface area contributed by atoms with Gasteiger partial charge in [-0.05, 0) is 50.5 Å². The SMILES string of the molecule is CC(C)(C)c1cc[n+](-c2csc3sc4ccccc4[n+]23)c(-c2cc(C(C)(C)C)cc[n+]2C2c3ccccc3-c3ccccc32)c1. The summed E-state index contributed by atoms with van der Waals surface area (Å²) in [5.41, 5.74) is 11.7. The first kappa shape index (κ1) is 28.3. The Morgan fingerprint density at radius 3 is 1.87 bits per heavy atom. The highest BCUT2D eigenvalue weighted by atomic mass is 32.2. The molecule has 0 aliphatic heterocycles. The lowest BCUT2D eigenvalue weighted by atomic mass is 9.85. The predicted molar refractivity (Wildman–Crippen MR) is 187 cm³/mol. The second-order valence-corrected chi connectivity index (χ2v) is 16.4. The number of pyridine rings is 2. The van der Waals surface area contributed by atoms with Crippen LogP contribution >= 0.6 is 22.7 Å². The van der Waals surface area contributed by atoms with Crippen LogP contribution in [0.4, 0.5) is 0 Å². The van der Waals surface area contributed by atoms with Crippen molar-refractivity contribution in [3.05, 3.63) is 137 Å². The lowest BCUT2D eigenvalue weighted by molar-refractivity contribution is -0.715. The summed E-state index contributed by atoms with van der Waals surface area (Å²) in [7, 11) is 0. The number of hydrogen-bond acceptors (Lipinski definition) is 2. The Bertz CT molecular complexity index is 2210. The molecule has 45 heavy (non-hydrogen) atoms. The Morgan fingerprint density at radius 2 is 1.20 bits per heavy atom. The minimum Gasteiger partial charge on any atom is -0.182 e. The standard InChI is InChI=1S/C40H38N3S2/c1-39(2,3)26-19-21-41(36-25-44-38-43(36)32-17-11-12-18-35(32)45-38)33(23-26)34-24-27(40(4,5)6)20-22-42(34)37-30-15-9-7-13-28(30)29-14-8-10-16-31(29)37/h7-25,37H,1-6H3/q+3. The van der Waals surface area contributed by atoms with Gasteiger partial charge in [-0.3, -0.25) is 0 Å². The number of rotatable bonds is 3. The summed E-state index contributed by atoms with van der Waals surface area (Å²) in [6, 6.07) is 36.2. The highest BCUT2D eigenvalue weighted by Gasteiger charge is 2.41.